The number of benzene rings is 2. The first-order chi connectivity index (χ1) is 13.4. The summed E-state index contributed by atoms with van der Waals surface area (Å²) in [7, 11) is 0. The van der Waals surface area contributed by atoms with Crippen LogP contribution >= 0.6 is 11.6 Å². The molecule has 0 spiro atoms. The van der Waals surface area contributed by atoms with Crippen LogP contribution in [0, 0.1) is 10.1 Å². The highest BCUT2D eigenvalue weighted by Crippen LogP contribution is 2.24. The van der Waals surface area contributed by atoms with Crippen LogP contribution in [0.15, 0.2) is 66.4 Å². The van der Waals surface area contributed by atoms with Gasteiger partial charge in [0.2, 0.25) is 12.3 Å². The van der Waals surface area contributed by atoms with Crippen LogP contribution in [0.5, 0.6) is 0 Å². The maximum absolute atomic E-state index is 12.3. The molecule has 146 valence electrons. The lowest BCUT2D eigenvalue weighted by Gasteiger charge is -2.13. The number of halogens is 1. The second-order valence-electron chi connectivity index (χ2n) is 5.68. The largest absolute Gasteiger partial charge is 0.460 e. The Hall–Kier alpha value is -3.19. The maximum atomic E-state index is 12.3. The van der Waals surface area contributed by atoms with Gasteiger partial charge in [-0.1, -0.05) is 41.9 Å². The number of carbonyl (C=O) groups is 2. The molecule has 2 aromatic carbocycles. The summed E-state index contributed by atoms with van der Waals surface area (Å²) in [5.41, 5.74) is 0.730. The van der Waals surface area contributed by atoms with Crippen molar-refractivity contribution < 1.29 is 24.0 Å². The molecule has 2 rings (SSSR count). The zero-order chi connectivity index (χ0) is 20.5. The summed E-state index contributed by atoms with van der Waals surface area (Å²) in [6.07, 6.45) is 1.22. The molecule has 0 saturated heterocycles. The van der Waals surface area contributed by atoms with Crippen LogP contribution in [-0.2, 0) is 14.3 Å². The Balaban J connectivity index is 2.39. The van der Waals surface area contributed by atoms with Crippen molar-refractivity contribution >= 4 is 23.5 Å². The number of rotatable bonds is 8. The molecule has 0 saturated carbocycles. The first-order valence-electron chi connectivity index (χ1n) is 8.44. The van der Waals surface area contributed by atoms with E-state index < -0.39 is 35.1 Å². The van der Waals surface area contributed by atoms with Gasteiger partial charge < -0.3 is 9.47 Å². The molecule has 7 nitrogen and oxygen atoms in total. The average Bonchev–Trinajstić information content (AvgIpc) is 2.67. The molecule has 0 amide bonds. The Morgan fingerprint density at radius 2 is 1.89 bits per heavy atom. The molecule has 0 radical (unpaired) electrons. The van der Waals surface area contributed by atoms with Crippen LogP contribution in [0.3, 0.4) is 0 Å². The lowest BCUT2D eigenvalue weighted by Crippen LogP contribution is -2.18. The molecule has 2 aromatic rings. The van der Waals surface area contributed by atoms with E-state index in [1.807, 2.05) is 0 Å². The molecule has 0 fully saturated rings. The van der Waals surface area contributed by atoms with Crippen LogP contribution in [0.1, 0.15) is 28.8 Å². The molecular formula is C20H18ClNO6. The van der Waals surface area contributed by atoms with E-state index in [-0.39, 0.29) is 12.2 Å². The third kappa shape index (κ3) is 6.21. The highest BCUT2D eigenvalue weighted by atomic mass is 35.5. The molecule has 0 N–H and O–H groups in total. The average molecular weight is 404 g/mol. The van der Waals surface area contributed by atoms with Gasteiger partial charge in [-0.05, 0) is 42.8 Å². The predicted octanol–water partition coefficient (Wildman–Crippen LogP) is 4.00. The monoisotopic (exact) mass is 403 g/mol. The van der Waals surface area contributed by atoms with Gasteiger partial charge in [0.25, 0.3) is 0 Å². The number of ether oxygens (including phenoxy) is 2. The summed E-state index contributed by atoms with van der Waals surface area (Å²) in [6.45, 7) is 1.13. The molecule has 0 heterocycles. The highest BCUT2D eigenvalue weighted by Gasteiger charge is 2.24. The van der Waals surface area contributed by atoms with Crippen molar-refractivity contribution in [2.24, 2.45) is 0 Å². The minimum absolute atomic E-state index is 0.0517. The van der Waals surface area contributed by atoms with Crippen molar-refractivity contribution in [3.63, 3.8) is 0 Å². The minimum Gasteiger partial charge on any atom is -0.460 e. The van der Waals surface area contributed by atoms with Crippen LogP contribution in [-0.4, -0.2) is 30.0 Å². The van der Waals surface area contributed by atoms with Gasteiger partial charge in [-0.3, -0.25) is 10.1 Å². The van der Waals surface area contributed by atoms with E-state index in [4.69, 9.17) is 21.1 Å². The predicted molar refractivity (Wildman–Crippen MR) is 103 cm³/mol. The Morgan fingerprint density at radius 1 is 1.18 bits per heavy atom. The summed E-state index contributed by atoms with van der Waals surface area (Å²) in [5, 5.41) is 11.5. The molecule has 0 aliphatic rings. The fraction of sp³-hybridized carbons (Fsp3) is 0.200. The zero-order valence-electron chi connectivity index (χ0n) is 15.0. The van der Waals surface area contributed by atoms with Crippen LogP contribution in [0.4, 0.5) is 0 Å². The molecule has 28 heavy (non-hydrogen) atoms. The fourth-order valence-corrected chi connectivity index (χ4v) is 2.61. The van der Waals surface area contributed by atoms with Gasteiger partial charge in [0.05, 0.1) is 18.1 Å². The Kier molecular flexibility index (Phi) is 7.71. The quantitative estimate of drug-likeness (QED) is 0.217. The van der Waals surface area contributed by atoms with Crippen molar-refractivity contribution in [2.75, 3.05) is 13.2 Å². The minimum atomic E-state index is -0.887. The van der Waals surface area contributed by atoms with Crippen LogP contribution in [0.2, 0.25) is 5.02 Å². The number of nitro groups is 1. The van der Waals surface area contributed by atoms with E-state index in [9.17, 15) is 19.7 Å². The first kappa shape index (κ1) is 21.1. The Labute approximate surface area is 166 Å². The highest BCUT2D eigenvalue weighted by molar-refractivity contribution is 6.30. The number of carbonyl (C=O) groups excluding carboxylic acids is 2. The third-order valence-electron chi connectivity index (χ3n) is 3.66. The van der Waals surface area contributed by atoms with Crippen molar-refractivity contribution in [1.29, 1.82) is 0 Å². The molecule has 0 unspecified atom stereocenters. The lowest BCUT2D eigenvalue weighted by atomic mass is 9.98. The lowest BCUT2D eigenvalue weighted by molar-refractivity contribution is -0.481. The summed E-state index contributed by atoms with van der Waals surface area (Å²) in [4.78, 5) is 35.2. The summed E-state index contributed by atoms with van der Waals surface area (Å²) in [5.74, 6) is -2.92. The van der Waals surface area contributed by atoms with Gasteiger partial charge in [-0.2, -0.15) is 0 Å². The third-order valence-corrected chi connectivity index (χ3v) is 3.90. The van der Waals surface area contributed by atoms with E-state index in [1.165, 1.54) is 18.2 Å². The van der Waals surface area contributed by atoms with Gasteiger partial charge >= 0.3 is 11.9 Å². The van der Waals surface area contributed by atoms with Gasteiger partial charge in [0, 0.05) is 9.95 Å². The van der Waals surface area contributed by atoms with Gasteiger partial charge in [0.1, 0.15) is 0 Å². The summed E-state index contributed by atoms with van der Waals surface area (Å²) >= 11 is 5.97. The van der Waals surface area contributed by atoms with Crippen molar-refractivity contribution in [2.45, 2.75) is 12.8 Å². The Morgan fingerprint density at radius 3 is 2.50 bits per heavy atom. The van der Waals surface area contributed by atoms with Crippen molar-refractivity contribution in [3.05, 3.63) is 92.7 Å². The SMILES string of the molecule is CCOC(=O)/C(=C/[C@@H](C[N+](=O)[O-])c1cccc(Cl)c1)OC(=O)c1ccccc1. The van der Waals surface area contributed by atoms with E-state index >= 15 is 0 Å². The molecular weight excluding hydrogens is 386 g/mol. The normalized spacial score (nSPS) is 12.1. The second-order valence-corrected chi connectivity index (χ2v) is 6.12. The van der Waals surface area contributed by atoms with E-state index in [2.05, 4.69) is 0 Å². The number of esters is 2. The molecule has 0 aliphatic heterocycles. The summed E-state index contributed by atoms with van der Waals surface area (Å²) < 4.78 is 10.1. The molecule has 8 heteroatoms. The van der Waals surface area contributed by atoms with Crippen molar-refractivity contribution in [3.8, 4) is 0 Å². The topological polar surface area (TPSA) is 95.7 Å². The molecule has 0 aliphatic carbocycles. The Bertz CT molecular complexity index is 881. The van der Waals surface area contributed by atoms with Gasteiger partial charge in [-0.15, -0.1) is 0 Å². The number of nitrogens with zero attached hydrogens (tertiary/aromatic N) is 1. The van der Waals surface area contributed by atoms with E-state index in [0.29, 0.717) is 10.6 Å². The summed E-state index contributed by atoms with van der Waals surface area (Å²) in [6, 6.07) is 14.5. The van der Waals surface area contributed by atoms with Crippen molar-refractivity contribution in [1.82, 2.24) is 0 Å². The number of hydrogen-bond acceptors (Lipinski definition) is 6. The molecule has 0 aromatic heterocycles. The second kappa shape index (κ2) is 10.2. The number of hydrogen-bond donors (Lipinski definition) is 0. The van der Waals surface area contributed by atoms with Crippen LogP contribution < -0.4 is 0 Å². The van der Waals surface area contributed by atoms with Crippen LogP contribution in [0.25, 0.3) is 0 Å². The van der Waals surface area contributed by atoms with E-state index in [1.54, 1.807) is 49.4 Å². The molecule has 0 bridgehead atoms. The standard InChI is InChI=1S/C20H18ClNO6/c1-2-27-20(24)18(28-19(23)14-7-4-3-5-8-14)12-16(13-22(25)26)15-9-6-10-17(21)11-15/h3-12,16H,2,13H2,1H3/b18-12-/t16-/m0/s1. The van der Waals surface area contributed by atoms with Gasteiger partial charge in [0.15, 0.2) is 0 Å². The zero-order valence-corrected chi connectivity index (χ0v) is 15.8. The van der Waals surface area contributed by atoms with E-state index in [0.717, 1.165) is 0 Å². The molecule has 1 atom stereocenters. The van der Waals surface area contributed by atoms with Gasteiger partial charge in [-0.25, -0.2) is 9.59 Å². The smallest absolute Gasteiger partial charge is 0.374 e. The first-order valence-corrected chi connectivity index (χ1v) is 8.82. The maximum Gasteiger partial charge on any atom is 0.374 e. The fourth-order valence-electron chi connectivity index (χ4n) is 2.41.